The van der Waals surface area contributed by atoms with Crippen molar-refractivity contribution in [2.75, 3.05) is 0 Å². The van der Waals surface area contributed by atoms with Crippen molar-refractivity contribution in [3.8, 4) is 0 Å². The SMILES string of the molecule is C1=C(c2ccccc2)C=C(c2ccc3c(ccn3C3CC3)c2)C1. The quantitative estimate of drug-likeness (QED) is 0.571. The number of rotatable bonds is 3. The Balaban J connectivity index is 1.49. The van der Waals surface area contributed by atoms with Gasteiger partial charge in [-0.3, -0.25) is 0 Å². The molecule has 1 aromatic heterocycles. The third-order valence-corrected chi connectivity index (χ3v) is 5.01. The molecule has 2 aliphatic carbocycles. The lowest BCUT2D eigenvalue weighted by Gasteiger charge is -2.05. The van der Waals surface area contributed by atoms with E-state index < -0.39 is 0 Å². The molecule has 0 aliphatic heterocycles. The van der Waals surface area contributed by atoms with E-state index in [0.29, 0.717) is 0 Å². The third kappa shape index (κ3) is 2.24. The molecule has 2 aliphatic rings. The van der Waals surface area contributed by atoms with E-state index in [1.165, 1.54) is 46.0 Å². The van der Waals surface area contributed by atoms with Crippen molar-refractivity contribution in [1.82, 2.24) is 4.57 Å². The molecule has 0 bridgehead atoms. The maximum absolute atomic E-state index is 2.44. The maximum Gasteiger partial charge on any atom is 0.0483 e. The van der Waals surface area contributed by atoms with Crippen LogP contribution in [0.25, 0.3) is 22.0 Å². The Bertz CT molecular complexity index is 937. The van der Waals surface area contributed by atoms with Gasteiger partial charge in [0, 0.05) is 23.1 Å². The molecule has 2 aromatic carbocycles. The first-order valence-electron chi connectivity index (χ1n) is 8.46. The standard InChI is InChI=1S/C22H19N/c1-2-4-16(5-3-1)17-6-7-18(14-17)19-8-11-22-20(15-19)12-13-23(22)21-9-10-21/h1-6,8,11-15,21H,7,9-10H2. The molecule has 0 saturated heterocycles. The Morgan fingerprint density at radius 3 is 2.57 bits per heavy atom. The minimum Gasteiger partial charge on any atom is -0.344 e. The molecule has 1 heteroatoms. The van der Waals surface area contributed by atoms with E-state index in [0.717, 1.165) is 12.5 Å². The fourth-order valence-corrected chi connectivity index (χ4v) is 3.59. The van der Waals surface area contributed by atoms with Crippen molar-refractivity contribution >= 4 is 22.0 Å². The number of benzene rings is 2. The topological polar surface area (TPSA) is 4.93 Å². The van der Waals surface area contributed by atoms with E-state index >= 15 is 0 Å². The van der Waals surface area contributed by atoms with Crippen molar-refractivity contribution in [3.05, 3.63) is 84.1 Å². The molecule has 0 N–H and O–H groups in total. The third-order valence-electron chi connectivity index (χ3n) is 5.01. The summed E-state index contributed by atoms with van der Waals surface area (Å²) in [5, 5.41) is 1.36. The van der Waals surface area contributed by atoms with Crippen molar-refractivity contribution in [2.45, 2.75) is 25.3 Å². The average molecular weight is 297 g/mol. The number of hydrogen-bond acceptors (Lipinski definition) is 0. The Morgan fingerprint density at radius 1 is 0.870 bits per heavy atom. The monoisotopic (exact) mass is 297 g/mol. The summed E-state index contributed by atoms with van der Waals surface area (Å²) in [7, 11) is 0. The molecular weight excluding hydrogens is 278 g/mol. The lowest BCUT2D eigenvalue weighted by molar-refractivity contribution is 0.776. The predicted octanol–water partition coefficient (Wildman–Crippen LogP) is 5.85. The molecule has 23 heavy (non-hydrogen) atoms. The zero-order chi connectivity index (χ0) is 15.2. The van der Waals surface area contributed by atoms with Gasteiger partial charge in [-0.25, -0.2) is 0 Å². The Kier molecular flexibility index (Phi) is 2.81. The van der Waals surface area contributed by atoms with Crippen LogP contribution in [0.15, 0.2) is 72.9 Å². The zero-order valence-electron chi connectivity index (χ0n) is 13.1. The predicted molar refractivity (Wildman–Crippen MR) is 97.2 cm³/mol. The summed E-state index contributed by atoms with van der Waals surface area (Å²) in [6.07, 6.45) is 10.6. The van der Waals surface area contributed by atoms with Crippen molar-refractivity contribution in [1.29, 1.82) is 0 Å². The van der Waals surface area contributed by atoms with Crippen molar-refractivity contribution < 1.29 is 0 Å². The molecule has 0 spiro atoms. The molecule has 3 aromatic rings. The molecule has 1 nitrogen and oxygen atoms in total. The molecule has 112 valence electrons. The fraction of sp³-hybridized carbons (Fsp3) is 0.182. The highest BCUT2D eigenvalue weighted by Crippen LogP contribution is 2.39. The molecule has 0 amide bonds. The van der Waals surface area contributed by atoms with Gasteiger partial charge in [-0.15, -0.1) is 0 Å². The van der Waals surface area contributed by atoms with Crippen LogP contribution < -0.4 is 0 Å². The lowest BCUT2D eigenvalue weighted by atomic mass is 10.0. The van der Waals surface area contributed by atoms with E-state index in [1.54, 1.807) is 0 Å². The first-order chi connectivity index (χ1) is 11.4. The molecule has 0 radical (unpaired) electrons. The first-order valence-corrected chi connectivity index (χ1v) is 8.46. The fourth-order valence-electron chi connectivity index (χ4n) is 3.59. The normalized spacial score (nSPS) is 17.4. The number of aromatic nitrogens is 1. The van der Waals surface area contributed by atoms with Crippen LogP contribution in [-0.4, -0.2) is 4.57 Å². The number of fused-ring (bicyclic) bond motifs is 1. The van der Waals surface area contributed by atoms with Crippen molar-refractivity contribution in [2.24, 2.45) is 0 Å². The smallest absolute Gasteiger partial charge is 0.0483 e. The van der Waals surface area contributed by atoms with E-state index in [-0.39, 0.29) is 0 Å². The van der Waals surface area contributed by atoms with Crippen molar-refractivity contribution in [3.63, 3.8) is 0 Å². The van der Waals surface area contributed by atoms with Crippen LogP contribution in [0.5, 0.6) is 0 Å². The Morgan fingerprint density at radius 2 is 1.74 bits per heavy atom. The summed E-state index contributed by atoms with van der Waals surface area (Å²) in [5.74, 6) is 0. The van der Waals surface area contributed by atoms with Gasteiger partial charge in [0.2, 0.25) is 0 Å². The molecule has 1 heterocycles. The summed E-state index contributed by atoms with van der Waals surface area (Å²) in [4.78, 5) is 0. The van der Waals surface area contributed by atoms with Gasteiger partial charge in [-0.2, -0.15) is 0 Å². The highest BCUT2D eigenvalue weighted by atomic mass is 15.0. The van der Waals surface area contributed by atoms with Gasteiger partial charge in [0.25, 0.3) is 0 Å². The number of allylic oxidation sites excluding steroid dienone is 4. The summed E-state index contributed by atoms with van der Waals surface area (Å²) < 4.78 is 2.44. The minimum absolute atomic E-state index is 0.746. The van der Waals surface area contributed by atoms with E-state index in [1.807, 2.05) is 0 Å². The second kappa shape index (κ2) is 4.99. The summed E-state index contributed by atoms with van der Waals surface area (Å²) in [6, 6.07) is 20.6. The van der Waals surface area contributed by atoms with E-state index in [2.05, 4.69) is 77.5 Å². The summed E-state index contributed by atoms with van der Waals surface area (Å²) in [5.41, 5.74) is 6.81. The lowest BCUT2D eigenvalue weighted by Crippen LogP contribution is -1.90. The van der Waals surface area contributed by atoms with Gasteiger partial charge in [0.05, 0.1) is 0 Å². The maximum atomic E-state index is 2.44. The van der Waals surface area contributed by atoms with Gasteiger partial charge in [0.15, 0.2) is 0 Å². The van der Waals surface area contributed by atoms with Crippen LogP contribution in [0.3, 0.4) is 0 Å². The second-order valence-corrected chi connectivity index (χ2v) is 6.63. The van der Waals surface area contributed by atoms with Crippen LogP contribution in [0.1, 0.15) is 36.4 Å². The van der Waals surface area contributed by atoms with Crippen LogP contribution in [0.4, 0.5) is 0 Å². The van der Waals surface area contributed by atoms with Gasteiger partial charge in [-0.1, -0.05) is 48.6 Å². The van der Waals surface area contributed by atoms with E-state index in [4.69, 9.17) is 0 Å². The minimum atomic E-state index is 0.746. The van der Waals surface area contributed by atoms with Gasteiger partial charge >= 0.3 is 0 Å². The summed E-state index contributed by atoms with van der Waals surface area (Å²) >= 11 is 0. The molecule has 0 unspecified atom stereocenters. The highest BCUT2D eigenvalue weighted by Gasteiger charge is 2.24. The first kappa shape index (κ1) is 13.0. The second-order valence-electron chi connectivity index (χ2n) is 6.63. The average Bonchev–Trinajstić information content (AvgIpc) is 3.17. The Labute approximate surface area is 136 Å². The van der Waals surface area contributed by atoms with E-state index in [9.17, 15) is 0 Å². The number of hydrogen-bond donors (Lipinski definition) is 0. The summed E-state index contributed by atoms with van der Waals surface area (Å²) in [6.45, 7) is 0. The van der Waals surface area contributed by atoms with Crippen LogP contribution >= 0.6 is 0 Å². The van der Waals surface area contributed by atoms with Crippen LogP contribution in [0, 0.1) is 0 Å². The van der Waals surface area contributed by atoms with Crippen LogP contribution in [-0.2, 0) is 0 Å². The molecule has 0 atom stereocenters. The Hall–Kier alpha value is -2.54. The van der Waals surface area contributed by atoms with Crippen LogP contribution in [0.2, 0.25) is 0 Å². The molecule has 1 fully saturated rings. The zero-order valence-corrected chi connectivity index (χ0v) is 13.1. The van der Waals surface area contributed by atoms with Gasteiger partial charge in [-0.05, 0) is 59.7 Å². The highest BCUT2D eigenvalue weighted by molar-refractivity contribution is 5.92. The van der Waals surface area contributed by atoms with Gasteiger partial charge in [0.1, 0.15) is 0 Å². The largest absolute Gasteiger partial charge is 0.344 e. The molecular formula is C22H19N. The molecule has 5 rings (SSSR count). The van der Waals surface area contributed by atoms with Gasteiger partial charge < -0.3 is 4.57 Å². The number of nitrogens with zero attached hydrogens (tertiary/aromatic N) is 1. The molecule has 1 saturated carbocycles.